The summed E-state index contributed by atoms with van der Waals surface area (Å²) < 4.78 is 0. The average molecular weight is 327 g/mol. The third-order valence-corrected chi connectivity index (χ3v) is 4.80. The molecule has 1 aliphatic carbocycles. The van der Waals surface area contributed by atoms with Crippen molar-refractivity contribution >= 4 is 17.1 Å². The molecule has 0 aliphatic heterocycles. The summed E-state index contributed by atoms with van der Waals surface area (Å²) >= 11 is 5.35. The van der Waals surface area contributed by atoms with Crippen molar-refractivity contribution in [2.24, 2.45) is 5.41 Å². The van der Waals surface area contributed by atoms with E-state index in [2.05, 4.69) is 51.5 Å². The smallest absolute Gasteiger partial charge is 0.129 e. The fourth-order valence-electron chi connectivity index (χ4n) is 3.15. The van der Waals surface area contributed by atoms with Gasteiger partial charge in [-0.1, -0.05) is 46.8 Å². The summed E-state index contributed by atoms with van der Waals surface area (Å²) in [5.74, 6) is 0. The summed E-state index contributed by atoms with van der Waals surface area (Å²) in [5.41, 5.74) is 2.22. The molecule has 1 N–H and O–H groups in total. The lowest BCUT2D eigenvalue weighted by Gasteiger charge is -2.42. The molecule has 3 nitrogen and oxygen atoms in total. The minimum absolute atomic E-state index is 0.0139. The topological polar surface area (TPSA) is 26.7 Å². The van der Waals surface area contributed by atoms with Gasteiger partial charge in [0, 0.05) is 13.6 Å². The highest BCUT2D eigenvalue weighted by atomic mass is 32.1. The molecule has 0 bridgehead atoms. The number of hydrogen-bond donors (Lipinski definition) is 1. The number of aliphatic hydroxyl groups excluding tert-OH is 1. The van der Waals surface area contributed by atoms with Crippen LogP contribution in [0.15, 0.2) is 11.3 Å². The molecule has 128 valence electrons. The highest BCUT2D eigenvalue weighted by molar-refractivity contribution is 7.81. The van der Waals surface area contributed by atoms with E-state index < -0.39 is 6.10 Å². The predicted octanol–water partition coefficient (Wildman–Crippen LogP) is 3.47. The maximum atomic E-state index is 10.2. The van der Waals surface area contributed by atoms with Crippen LogP contribution in [0.25, 0.3) is 0 Å². The van der Waals surface area contributed by atoms with Gasteiger partial charge in [-0.05, 0) is 49.9 Å². The number of nitrogens with zero attached hydrogens (tertiary/aromatic N) is 2. The molecule has 0 radical (unpaired) electrons. The first-order chi connectivity index (χ1) is 10.2. The van der Waals surface area contributed by atoms with Crippen molar-refractivity contribution in [3.05, 3.63) is 11.3 Å². The van der Waals surface area contributed by atoms with Gasteiger partial charge in [-0.15, -0.1) is 0 Å². The number of hydrogen-bond acceptors (Lipinski definition) is 4. The van der Waals surface area contributed by atoms with E-state index in [4.69, 9.17) is 12.2 Å². The van der Waals surface area contributed by atoms with Crippen LogP contribution in [0.5, 0.6) is 0 Å². The predicted molar refractivity (Wildman–Crippen MR) is 99.4 cm³/mol. The monoisotopic (exact) mass is 326 g/mol. The Morgan fingerprint density at radius 2 is 1.68 bits per heavy atom. The van der Waals surface area contributed by atoms with E-state index in [0.717, 1.165) is 30.1 Å². The molecule has 22 heavy (non-hydrogen) atoms. The van der Waals surface area contributed by atoms with Crippen molar-refractivity contribution in [1.82, 2.24) is 9.80 Å². The van der Waals surface area contributed by atoms with Gasteiger partial charge in [0.1, 0.15) is 6.10 Å². The lowest BCUT2D eigenvalue weighted by atomic mass is 9.73. The van der Waals surface area contributed by atoms with Crippen LogP contribution in [0.1, 0.15) is 53.9 Å². The molecule has 0 heterocycles. The van der Waals surface area contributed by atoms with E-state index in [-0.39, 0.29) is 5.41 Å². The SMILES string of the molecule is CCCN(CC)CCCCN(C)C1=C(C(C)(C)C)C(=S)C1O. The van der Waals surface area contributed by atoms with E-state index in [9.17, 15) is 5.11 Å². The van der Waals surface area contributed by atoms with Crippen LogP contribution >= 0.6 is 12.2 Å². The van der Waals surface area contributed by atoms with Crippen LogP contribution < -0.4 is 0 Å². The normalized spacial score (nSPS) is 18.9. The molecule has 0 saturated heterocycles. The highest BCUT2D eigenvalue weighted by Gasteiger charge is 2.41. The summed E-state index contributed by atoms with van der Waals surface area (Å²) in [6, 6.07) is 0. The Labute approximate surface area is 142 Å². The Balaban J connectivity index is 2.50. The van der Waals surface area contributed by atoms with Crippen molar-refractivity contribution in [2.75, 3.05) is 33.2 Å². The zero-order chi connectivity index (χ0) is 16.9. The molecule has 1 atom stereocenters. The quantitative estimate of drug-likeness (QED) is 0.518. The number of likely N-dealkylation sites (N-methyl/N-ethyl adjacent to an activating group) is 1. The summed E-state index contributed by atoms with van der Waals surface area (Å²) in [6.07, 6.45) is 3.04. The molecular formula is C18H34N2OS. The second kappa shape index (κ2) is 8.42. The standard InChI is InChI=1S/C18H34N2OS/c1-7-11-20(8-2)13-10-9-12-19(6)15-14(18(3,4)5)17(22)16(15)21/h16,21H,7-13H2,1-6H3. The van der Waals surface area contributed by atoms with Gasteiger partial charge < -0.3 is 14.9 Å². The van der Waals surface area contributed by atoms with E-state index >= 15 is 0 Å². The number of rotatable bonds is 9. The number of unbranched alkanes of at least 4 members (excludes halogenated alkanes) is 1. The molecule has 1 rings (SSSR count). The first-order valence-electron chi connectivity index (χ1n) is 8.64. The minimum Gasteiger partial charge on any atom is -0.381 e. The average Bonchev–Trinajstić information content (AvgIpc) is 2.45. The van der Waals surface area contributed by atoms with Gasteiger partial charge in [0.2, 0.25) is 0 Å². The third-order valence-electron chi connectivity index (χ3n) is 4.38. The van der Waals surface area contributed by atoms with Gasteiger partial charge in [-0.25, -0.2) is 0 Å². The molecule has 0 aromatic carbocycles. The molecule has 1 unspecified atom stereocenters. The highest BCUT2D eigenvalue weighted by Crippen LogP contribution is 2.40. The van der Waals surface area contributed by atoms with Crippen LogP contribution in [0.3, 0.4) is 0 Å². The van der Waals surface area contributed by atoms with Crippen LogP contribution in [-0.4, -0.2) is 59.1 Å². The molecule has 0 spiro atoms. The fourth-order valence-corrected chi connectivity index (χ4v) is 3.67. The van der Waals surface area contributed by atoms with Crippen molar-refractivity contribution in [2.45, 2.75) is 60.0 Å². The van der Waals surface area contributed by atoms with Crippen molar-refractivity contribution in [3.8, 4) is 0 Å². The zero-order valence-corrected chi connectivity index (χ0v) is 16.1. The zero-order valence-electron chi connectivity index (χ0n) is 15.3. The molecular weight excluding hydrogens is 292 g/mol. The number of thiocarbonyl (C=S) groups is 1. The van der Waals surface area contributed by atoms with Crippen LogP contribution in [0.2, 0.25) is 0 Å². The molecule has 1 aliphatic rings. The fraction of sp³-hybridized carbons (Fsp3) is 0.833. The van der Waals surface area contributed by atoms with Crippen LogP contribution in [-0.2, 0) is 0 Å². The molecule has 4 heteroatoms. The second-order valence-electron chi connectivity index (χ2n) is 7.34. The van der Waals surface area contributed by atoms with Gasteiger partial charge in [0.15, 0.2) is 0 Å². The van der Waals surface area contributed by atoms with E-state index in [1.807, 2.05) is 0 Å². The van der Waals surface area contributed by atoms with E-state index in [1.165, 1.54) is 31.5 Å². The Kier molecular flexibility index (Phi) is 7.50. The first kappa shape index (κ1) is 19.6. The maximum Gasteiger partial charge on any atom is 0.129 e. The summed E-state index contributed by atoms with van der Waals surface area (Å²) in [4.78, 5) is 5.44. The van der Waals surface area contributed by atoms with Crippen LogP contribution in [0.4, 0.5) is 0 Å². The van der Waals surface area contributed by atoms with Gasteiger partial charge >= 0.3 is 0 Å². The van der Waals surface area contributed by atoms with Gasteiger partial charge in [0.05, 0.1) is 10.6 Å². The summed E-state index contributed by atoms with van der Waals surface area (Å²) in [7, 11) is 2.08. The van der Waals surface area contributed by atoms with Crippen LogP contribution in [0, 0.1) is 5.41 Å². The molecule has 0 aromatic rings. The van der Waals surface area contributed by atoms with E-state index in [0.29, 0.717) is 0 Å². The Bertz CT molecular complexity index is 412. The number of aliphatic hydroxyl groups is 1. The van der Waals surface area contributed by atoms with E-state index in [1.54, 1.807) is 0 Å². The van der Waals surface area contributed by atoms with Gasteiger partial charge in [-0.3, -0.25) is 0 Å². The third kappa shape index (κ3) is 4.77. The second-order valence-corrected chi connectivity index (χ2v) is 7.78. The molecule has 0 saturated carbocycles. The summed E-state index contributed by atoms with van der Waals surface area (Å²) in [5, 5.41) is 10.2. The lowest BCUT2D eigenvalue weighted by molar-refractivity contribution is 0.203. The van der Waals surface area contributed by atoms with Gasteiger partial charge in [-0.2, -0.15) is 0 Å². The Hall–Kier alpha value is -0.450. The Morgan fingerprint density at radius 1 is 1.09 bits per heavy atom. The van der Waals surface area contributed by atoms with Gasteiger partial charge in [0.25, 0.3) is 0 Å². The summed E-state index contributed by atoms with van der Waals surface area (Å²) in [6.45, 7) is 15.4. The van der Waals surface area contributed by atoms with Crippen molar-refractivity contribution < 1.29 is 5.11 Å². The van der Waals surface area contributed by atoms with Crippen molar-refractivity contribution in [1.29, 1.82) is 0 Å². The minimum atomic E-state index is -0.540. The molecule has 0 amide bonds. The Morgan fingerprint density at radius 3 is 2.18 bits per heavy atom. The lowest BCUT2D eigenvalue weighted by Crippen LogP contribution is -2.47. The first-order valence-corrected chi connectivity index (χ1v) is 9.05. The molecule has 0 aromatic heterocycles. The van der Waals surface area contributed by atoms with Crippen molar-refractivity contribution in [3.63, 3.8) is 0 Å². The largest absolute Gasteiger partial charge is 0.381 e. The molecule has 0 fully saturated rings. The maximum absolute atomic E-state index is 10.2.